The van der Waals surface area contributed by atoms with E-state index in [-0.39, 0.29) is 0 Å². The van der Waals surface area contributed by atoms with Crippen molar-refractivity contribution in [3.8, 4) is 0 Å². The van der Waals surface area contributed by atoms with E-state index in [2.05, 4.69) is 5.32 Å². The Hall–Kier alpha value is -0.0400. The van der Waals surface area contributed by atoms with Gasteiger partial charge in [-0.2, -0.15) is 0 Å². The van der Waals surface area contributed by atoms with Crippen molar-refractivity contribution in [2.75, 3.05) is 0 Å². The summed E-state index contributed by atoms with van der Waals surface area (Å²) in [4.78, 5) is 0. The van der Waals surface area contributed by atoms with Gasteiger partial charge in [-0.1, -0.05) is 19.3 Å². The Morgan fingerprint density at radius 3 is 2.30 bits per heavy atom. The minimum Gasteiger partial charge on any atom is -0.311 e. The summed E-state index contributed by atoms with van der Waals surface area (Å²) in [5.41, 5.74) is 0. The number of rotatable bonds is 3. The van der Waals surface area contributed by atoms with E-state index in [1.807, 2.05) is 0 Å². The molecule has 5 aliphatic carbocycles. The Morgan fingerprint density at radius 2 is 1.40 bits per heavy atom. The Morgan fingerprint density at radius 1 is 0.550 bits per heavy atom. The third-order valence-electron chi connectivity index (χ3n) is 7.88. The molecule has 5 fully saturated rings. The molecule has 0 aromatic rings. The van der Waals surface area contributed by atoms with Gasteiger partial charge in [0.05, 0.1) is 0 Å². The lowest BCUT2D eigenvalue weighted by atomic mass is 9.77. The topological polar surface area (TPSA) is 12.0 Å². The van der Waals surface area contributed by atoms with Crippen LogP contribution in [0.3, 0.4) is 0 Å². The second-order valence-corrected chi connectivity index (χ2v) is 8.89. The zero-order valence-electron chi connectivity index (χ0n) is 12.9. The van der Waals surface area contributed by atoms with Crippen molar-refractivity contribution in [3.63, 3.8) is 0 Å². The van der Waals surface area contributed by atoms with E-state index in [1.165, 1.54) is 25.7 Å². The molecule has 0 saturated heterocycles. The third-order valence-corrected chi connectivity index (χ3v) is 7.88. The van der Waals surface area contributed by atoms with E-state index >= 15 is 0 Å². The molecule has 0 aromatic heterocycles. The zero-order valence-corrected chi connectivity index (χ0v) is 12.9. The quantitative estimate of drug-likeness (QED) is 0.805. The minimum atomic E-state index is 0.888. The van der Waals surface area contributed by atoms with E-state index < -0.39 is 0 Å². The number of fused-ring (bicyclic) bond motifs is 5. The molecule has 0 aromatic carbocycles. The van der Waals surface area contributed by atoms with Gasteiger partial charge >= 0.3 is 0 Å². The highest BCUT2D eigenvalue weighted by molar-refractivity contribution is 5.06. The summed E-state index contributed by atoms with van der Waals surface area (Å²) < 4.78 is 0. The van der Waals surface area contributed by atoms with Gasteiger partial charge in [0.25, 0.3) is 0 Å². The van der Waals surface area contributed by atoms with Crippen LogP contribution < -0.4 is 5.32 Å². The number of nitrogens with one attached hydrogen (secondary N) is 1. The lowest BCUT2D eigenvalue weighted by Gasteiger charge is -2.37. The molecule has 5 saturated carbocycles. The monoisotopic (exact) mass is 273 g/mol. The number of hydrogen-bond acceptors (Lipinski definition) is 1. The molecule has 5 aliphatic rings. The van der Waals surface area contributed by atoms with Crippen LogP contribution in [0.1, 0.15) is 70.6 Å². The standard InChI is InChI=1S/C19H31N/c1-3-13(12-7-8-12)9-15(4-1)20-19-11-14-10-18(19)17-6-2-5-16(14)17/h12-20H,1-11H2. The molecule has 5 rings (SSSR count). The fourth-order valence-corrected chi connectivity index (χ4v) is 6.94. The molecule has 7 unspecified atom stereocenters. The highest BCUT2D eigenvalue weighted by Gasteiger charge is 2.54. The zero-order chi connectivity index (χ0) is 13.1. The van der Waals surface area contributed by atoms with Crippen LogP contribution in [0.4, 0.5) is 0 Å². The molecule has 2 bridgehead atoms. The van der Waals surface area contributed by atoms with Gasteiger partial charge in [-0.15, -0.1) is 0 Å². The van der Waals surface area contributed by atoms with Gasteiger partial charge in [-0.05, 0) is 86.9 Å². The molecular formula is C19H31N. The predicted molar refractivity (Wildman–Crippen MR) is 82.4 cm³/mol. The smallest absolute Gasteiger partial charge is 0.0103 e. The molecule has 1 heteroatoms. The summed E-state index contributed by atoms with van der Waals surface area (Å²) in [5.74, 6) is 6.72. The van der Waals surface area contributed by atoms with Crippen LogP contribution in [0.2, 0.25) is 0 Å². The molecule has 20 heavy (non-hydrogen) atoms. The molecule has 0 spiro atoms. The summed E-state index contributed by atoms with van der Waals surface area (Å²) >= 11 is 0. The molecular weight excluding hydrogens is 242 g/mol. The molecule has 0 radical (unpaired) electrons. The van der Waals surface area contributed by atoms with Gasteiger partial charge < -0.3 is 5.32 Å². The lowest BCUT2D eigenvalue weighted by Crippen LogP contribution is -2.46. The first kappa shape index (κ1) is 12.5. The average Bonchev–Trinajstić information content (AvgIpc) is 2.92. The molecule has 0 heterocycles. The second-order valence-electron chi connectivity index (χ2n) is 8.89. The maximum absolute atomic E-state index is 4.17. The summed E-state index contributed by atoms with van der Waals surface area (Å²) in [5, 5.41) is 4.17. The van der Waals surface area contributed by atoms with Crippen LogP contribution in [0.25, 0.3) is 0 Å². The van der Waals surface area contributed by atoms with Crippen LogP contribution in [0.5, 0.6) is 0 Å². The fourth-order valence-electron chi connectivity index (χ4n) is 6.94. The van der Waals surface area contributed by atoms with Crippen molar-refractivity contribution in [1.82, 2.24) is 5.32 Å². The van der Waals surface area contributed by atoms with E-state index in [0.717, 1.165) is 47.6 Å². The Labute approximate surface area is 124 Å². The van der Waals surface area contributed by atoms with Crippen molar-refractivity contribution in [2.24, 2.45) is 35.5 Å². The fraction of sp³-hybridized carbons (Fsp3) is 1.00. The van der Waals surface area contributed by atoms with Crippen LogP contribution in [0, 0.1) is 35.5 Å². The van der Waals surface area contributed by atoms with Gasteiger partial charge in [-0.25, -0.2) is 0 Å². The van der Waals surface area contributed by atoms with E-state index in [4.69, 9.17) is 0 Å². The molecule has 7 atom stereocenters. The van der Waals surface area contributed by atoms with Gasteiger partial charge in [0, 0.05) is 12.1 Å². The van der Waals surface area contributed by atoms with Crippen molar-refractivity contribution in [3.05, 3.63) is 0 Å². The lowest BCUT2D eigenvalue weighted by molar-refractivity contribution is 0.172. The maximum Gasteiger partial charge on any atom is 0.0103 e. The first-order chi connectivity index (χ1) is 9.88. The largest absolute Gasteiger partial charge is 0.311 e. The second kappa shape index (κ2) is 4.73. The first-order valence-electron chi connectivity index (χ1n) is 9.64. The van der Waals surface area contributed by atoms with E-state index in [1.54, 1.807) is 44.9 Å². The maximum atomic E-state index is 4.17. The van der Waals surface area contributed by atoms with Crippen molar-refractivity contribution in [1.29, 1.82) is 0 Å². The van der Waals surface area contributed by atoms with Crippen molar-refractivity contribution < 1.29 is 0 Å². The van der Waals surface area contributed by atoms with Crippen LogP contribution in [-0.2, 0) is 0 Å². The Kier molecular flexibility index (Phi) is 2.96. The van der Waals surface area contributed by atoms with E-state index in [0.29, 0.717) is 0 Å². The van der Waals surface area contributed by atoms with Gasteiger partial charge in [0.15, 0.2) is 0 Å². The van der Waals surface area contributed by atoms with Crippen molar-refractivity contribution in [2.45, 2.75) is 82.7 Å². The minimum absolute atomic E-state index is 0.888. The van der Waals surface area contributed by atoms with Crippen LogP contribution in [0.15, 0.2) is 0 Å². The summed E-state index contributed by atoms with van der Waals surface area (Å²) in [6.07, 6.45) is 17.0. The molecule has 112 valence electrons. The first-order valence-corrected chi connectivity index (χ1v) is 9.64. The van der Waals surface area contributed by atoms with Crippen LogP contribution >= 0.6 is 0 Å². The molecule has 1 N–H and O–H groups in total. The highest BCUT2D eigenvalue weighted by atomic mass is 15.0. The van der Waals surface area contributed by atoms with Gasteiger partial charge in [0.1, 0.15) is 0 Å². The number of hydrogen-bond donors (Lipinski definition) is 1. The summed E-state index contributed by atoms with van der Waals surface area (Å²) in [7, 11) is 0. The van der Waals surface area contributed by atoms with Crippen LogP contribution in [-0.4, -0.2) is 12.1 Å². The summed E-state index contributed by atoms with van der Waals surface area (Å²) in [6, 6.07) is 1.81. The normalized spacial score (nSPS) is 54.3. The van der Waals surface area contributed by atoms with E-state index in [9.17, 15) is 0 Å². The molecule has 0 amide bonds. The third kappa shape index (κ3) is 1.99. The Bertz CT molecular complexity index is 374. The van der Waals surface area contributed by atoms with Gasteiger partial charge in [0.2, 0.25) is 0 Å². The average molecular weight is 273 g/mol. The summed E-state index contributed by atoms with van der Waals surface area (Å²) in [6.45, 7) is 0. The molecule has 1 nitrogen and oxygen atoms in total. The van der Waals surface area contributed by atoms with Crippen molar-refractivity contribution >= 4 is 0 Å². The molecule has 0 aliphatic heterocycles. The Balaban J connectivity index is 1.22. The predicted octanol–water partition coefficient (Wildman–Crippen LogP) is 4.37. The SMILES string of the molecule is C1CC(NC2CC3CC2C2CCCC32)CC(C2CC2)C1. The van der Waals surface area contributed by atoms with Gasteiger partial charge in [-0.3, -0.25) is 0 Å². The highest BCUT2D eigenvalue weighted by Crippen LogP contribution is 2.59.